The fourth-order valence-corrected chi connectivity index (χ4v) is 3.16. The number of rotatable bonds is 6. The lowest BCUT2D eigenvalue weighted by Crippen LogP contribution is -2.59. The minimum atomic E-state index is -0.833. The topological polar surface area (TPSA) is 70.7 Å². The normalized spacial score (nSPS) is 19.4. The molecule has 3 rings (SSSR count). The van der Waals surface area contributed by atoms with Crippen LogP contribution in [0.5, 0.6) is 0 Å². The zero-order valence-electron chi connectivity index (χ0n) is 14.4. The van der Waals surface area contributed by atoms with Crippen LogP contribution in [0.3, 0.4) is 0 Å². The number of benzene rings is 1. The molecule has 1 aliphatic carbocycles. The van der Waals surface area contributed by atoms with Crippen molar-refractivity contribution in [2.45, 2.75) is 37.3 Å². The molecule has 1 aromatic rings. The quantitative estimate of drug-likeness (QED) is 0.817. The van der Waals surface area contributed by atoms with E-state index < -0.39 is 5.54 Å². The van der Waals surface area contributed by atoms with Gasteiger partial charge in [0.1, 0.15) is 18.0 Å². The monoisotopic (exact) mass is 349 g/mol. The maximum Gasteiger partial charge on any atom is 0.248 e. The zero-order chi connectivity index (χ0) is 17.9. The lowest BCUT2D eigenvalue weighted by Gasteiger charge is -2.41. The molecule has 1 saturated carbocycles. The van der Waals surface area contributed by atoms with Crippen molar-refractivity contribution >= 4 is 17.5 Å². The second-order valence-electron chi connectivity index (χ2n) is 6.78. The Morgan fingerprint density at radius 1 is 1.32 bits per heavy atom. The average molecular weight is 349 g/mol. The van der Waals surface area contributed by atoms with E-state index in [4.69, 9.17) is 4.74 Å². The van der Waals surface area contributed by atoms with Crippen LogP contribution < -0.4 is 10.6 Å². The van der Waals surface area contributed by atoms with Gasteiger partial charge >= 0.3 is 0 Å². The van der Waals surface area contributed by atoms with Crippen LogP contribution in [0.2, 0.25) is 0 Å². The van der Waals surface area contributed by atoms with E-state index >= 15 is 0 Å². The summed E-state index contributed by atoms with van der Waals surface area (Å²) in [4.78, 5) is 26.6. The van der Waals surface area contributed by atoms with E-state index in [0.29, 0.717) is 31.6 Å². The van der Waals surface area contributed by atoms with Crippen molar-refractivity contribution in [1.82, 2.24) is 10.2 Å². The third-order valence-electron chi connectivity index (χ3n) is 4.79. The molecule has 2 N–H and O–H groups in total. The molecule has 0 radical (unpaired) electrons. The number of piperidine rings is 1. The van der Waals surface area contributed by atoms with Crippen LogP contribution in [0.15, 0.2) is 24.3 Å². The zero-order valence-corrected chi connectivity index (χ0v) is 14.4. The van der Waals surface area contributed by atoms with Gasteiger partial charge in [0.05, 0.1) is 0 Å². The van der Waals surface area contributed by atoms with Gasteiger partial charge in [-0.15, -0.1) is 0 Å². The van der Waals surface area contributed by atoms with E-state index in [1.165, 1.54) is 19.2 Å². The summed E-state index contributed by atoms with van der Waals surface area (Å²) >= 11 is 0. The number of nitrogens with zero attached hydrogens (tertiary/aromatic N) is 1. The summed E-state index contributed by atoms with van der Waals surface area (Å²) < 4.78 is 18.4. The van der Waals surface area contributed by atoms with Crippen LogP contribution in [0, 0.1) is 5.82 Å². The van der Waals surface area contributed by atoms with Crippen molar-refractivity contribution in [1.29, 1.82) is 0 Å². The lowest BCUT2D eigenvalue weighted by molar-refractivity contribution is -0.139. The van der Waals surface area contributed by atoms with E-state index in [1.807, 2.05) is 0 Å². The minimum Gasteiger partial charge on any atom is -0.375 e. The number of carbonyl (C=O) groups is 2. The summed E-state index contributed by atoms with van der Waals surface area (Å²) in [5, 5.41) is 6.28. The molecule has 25 heavy (non-hydrogen) atoms. The number of hydrogen-bond donors (Lipinski definition) is 2. The molecule has 0 unspecified atom stereocenters. The van der Waals surface area contributed by atoms with E-state index in [-0.39, 0.29) is 30.3 Å². The summed E-state index contributed by atoms with van der Waals surface area (Å²) in [7, 11) is 1.49. The number of likely N-dealkylation sites (tertiary alicyclic amines) is 1. The predicted octanol–water partition coefficient (Wildman–Crippen LogP) is 1.52. The summed E-state index contributed by atoms with van der Waals surface area (Å²) in [5.74, 6) is -0.502. The van der Waals surface area contributed by atoms with Crippen molar-refractivity contribution in [3.8, 4) is 0 Å². The molecule has 0 bridgehead atoms. The van der Waals surface area contributed by atoms with E-state index in [0.717, 1.165) is 12.8 Å². The van der Waals surface area contributed by atoms with Crippen LogP contribution >= 0.6 is 0 Å². The van der Waals surface area contributed by atoms with Gasteiger partial charge in [-0.2, -0.15) is 0 Å². The number of hydrogen-bond acceptors (Lipinski definition) is 4. The first-order chi connectivity index (χ1) is 12.0. The number of methoxy groups -OCH3 is 1. The molecule has 7 heteroatoms. The molecule has 2 fully saturated rings. The van der Waals surface area contributed by atoms with E-state index in [1.54, 1.807) is 17.0 Å². The standard InChI is InChI=1S/C18H24FN3O3/c1-25-12-16(23)22-9-7-18(8-10-22,17(24)20-14-5-6-14)21-15-4-2-3-13(19)11-15/h2-4,11,14,21H,5-10,12H2,1H3,(H,20,24). The molecule has 0 atom stereocenters. The van der Waals surface area contributed by atoms with Crippen molar-refractivity contribution in [2.24, 2.45) is 0 Å². The fourth-order valence-electron chi connectivity index (χ4n) is 3.16. The molecule has 0 spiro atoms. The second-order valence-corrected chi connectivity index (χ2v) is 6.78. The molecule has 0 aromatic heterocycles. The predicted molar refractivity (Wildman–Crippen MR) is 91.6 cm³/mol. The smallest absolute Gasteiger partial charge is 0.248 e. The van der Waals surface area contributed by atoms with E-state index in [9.17, 15) is 14.0 Å². The minimum absolute atomic E-state index is 0.0403. The highest BCUT2D eigenvalue weighted by Gasteiger charge is 2.43. The number of carbonyl (C=O) groups excluding carboxylic acids is 2. The van der Waals surface area contributed by atoms with Crippen LogP contribution in [0.4, 0.5) is 10.1 Å². The van der Waals surface area contributed by atoms with Gasteiger partial charge in [0.25, 0.3) is 0 Å². The highest BCUT2D eigenvalue weighted by molar-refractivity contribution is 5.90. The largest absolute Gasteiger partial charge is 0.375 e. The van der Waals surface area contributed by atoms with Crippen molar-refractivity contribution in [2.75, 3.05) is 32.1 Å². The Morgan fingerprint density at radius 2 is 2.04 bits per heavy atom. The van der Waals surface area contributed by atoms with Crippen molar-refractivity contribution in [3.05, 3.63) is 30.1 Å². The molecule has 1 aromatic carbocycles. The van der Waals surface area contributed by atoms with Crippen LogP contribution in [0.1, 0.15) is 25.7 Å². The average Bonchev–Trinajstić information content (AvgIpc) is 3.39. The second kappa shape index (κ2) is 7.39. The molecular formula is C18H24FN3O3. The Morgan fingerprint density at radius 3 is 2.64 bits per heavy atom. The Bertz CT molecular complexity index is 640. The lowest BCUT2D eigenvalue weighted by atomic mass is 9.85. The maximum absolute atomic E-state index is 13.5. The van der Waals surface area contributed by atoms with Gasteiger partial charge in [-0.1, -0.05) is 6.07 Å². The van der Waals surface area contributed by atoms with Gasteiger partial charge in [-0.3, -0.25) is 9.59 Å². The first kappa shape index (κ1) is 17.7. The molecular weight excluding hydrogens is 325 g/mol. The Balaban J connectivity index is 1.74. The van der Waals surface area contributed by atoms with Crippen LogP contribution in [-0.2, 0) is 14.3 Å². The van der Waals surface area contributed by atoms with Gasteiger partial charge in [0.2, 0.25) is 11.8 Å². The van der Waals surface area contributed by atoms with Crippen molar-refractivity contribution in [3.63, 3.8) is 0 Å². The summed E-state index contributed by atoms with van der Waals surface area (Å²) in [6.07, 6.45) is 2.94. The van der Waals surface area contributed by atoms with Gasteiger partial charge in [-0.05, 0) is 43.9 Å². The molecule has 2 amide bonds. The van der Waals surface area contributed by atoms with Crippen LogP contribution in [0.25, 0.3) is 0 Å². The van der Waals surface area contributed by atoms with Gasteiger partial charge in [0.15, 0.2) is 0 Å². The molecule has 2 aliphatic rings. The maximum atomic E-state index is 13.5. The summed E-state index contributed by atoms with van der Waals surface area (Å²) in [6, 6.07) is 6.36. The number of amides is 2. The van der Waals surface area contributed by atoms with Crippen molar-refractivity contribution < 1.29 is 18.7 Å². The van der Waals surface area contributed by atoms with Gasteiger partial charge < -0.3 is 20.3 Å². The van der Waals surface area contributed by atoms with Crippen LogP contribution in [-0.4, -0.2) is 55.1 Å². The molecule has 1 heterocycles. The van der Waals surface area contributed by atoms with Gasteiger partial charge in [-0.25, -0.2) is 4.39 Å². The molecule has 136 valence electrons. The number of halogens is 1. The highest BCUT2D eigenvalue weighted by Crippen LogP contribution is 2.30. The third-order valence-corrected chi connectivity index (χ3v) is 4.79. The summed E-state index contributed by atoms with van der Waals surface area (Å²) in [6.45, 7) is 0.962. The molecule has 1 aliphatic heterocycles. The number of anilines is 1. The summed E-state index contributed by atoms with van der Waals surface area (Å²) in [5.41, 5.74) is -0.261. The Hall–Kier alpha value is -2.15. The molecule has 6 nitrogen and oxygen atoms in total. The van der Waals surface area contributed by atoms with Gasteiger partial charge in [0, 0.05) is 31.9 Å². The third kappa shape index (κ3) is 4.28. The molecule has 1 saturated heterocycles. The van der Waals surface area contributed by atoms with E-state index in [2.05, 4.69) is 10.6 Å². The SMILES string of the molecule is COCC(=O)N1CCC(Nc2cccc(F)c2)(C(=O)NC2CC2)CC1. The number of ether oxygens (including phenoxy) is 1. The Kier molecular flexibility index (Phi) is 5.22. The number of nitrogens with one attached hydrogen (secondary N) is 2. The Labute approximate surface area is 146 Å². The first-order valence-electron chi connectivity index (χ1n) is 8.64. The fraction of sp³-hybridized carbons (Fsp3) is 0.556. The highest BCUT2D eigenvalue weighted by atomic mass is 19.1. The first-order valence-corrected chi connectivity index (χ1v) is 8.64.